The zero-order chi connectivity index (χ0) is 17.3. The Kier molecular flexibility index (Phi) is 5.77. The molecule has 1 aromatic heterocycles. The van der Waals surface area contributed by atoms with Crippen LogP contribution in [0.3, 0.4) is 0 Å². The molecule has 25 heavy (non-hydrogen) atoms. The van der Waals surface area contributed by atoms with E-state index >= 15 is 0 Å². The first-order valence-electron chi connectivity index (χ1n) is 8.38. The highest BCUT2D eigenvalue weighted by molar-refractivity contribution is 5.81. The number of hydrazone groups is 1. The first kappa shape index (κ1) is 16.7. The molecule has 0 aliphatic rings. The van der Waals surface area contributed by atoms with Gasteiger partial charge in [-0.2, -0.15) is 5.10 Å². The van der Waals surface area contributed by atoms with Crippen molar-refractivity contribution in [3.05, 3.63) is 72.6 Å². The average molecular weight is 334 g/mol. The lowest BCUT2D eigenvalue weighted by atomic mass is 10.2. The molecule has 0 aliphatic carbocycles. The fourth-order valence-corrected chi connectivity index (χ4v) is 2.51. The summed E-state index contributed by atoms with van der Waals surface area (Å²) < 4.78 is 1.85. The molecule has 0 radical (unpaired) electrons. The maximum atomic E-state index is 4.27. The molecule has 0 aliphatic heterocycles. The number of benzene rings is 2. The fraction of sp³-hybridized carbons (Fsp3) is 0.211. The first-order valence-corrected chi connectivity index (χ1v) is 8.38. The Balaban J connectivity index is 1.56. The predicted octanol–water partition coefficient (Wildman–Crippen LogP) is 3.25. The van der Waals surface area contributed by atoms with Gasteiger partial charge < -0.3 is 4.90 Å². The van der Waals surface area contributed by atoms with Crippen molar-refractivity contribution in [1.82, 2.24) is 15.0 Å². The normalized spacial score (nSPS) is 10.9. The highest BCUT2D eigenvalue weighted by atomic mass is 15.4. The third-order valence-electron chi connectivity index (χ3n) is 3.89. The Labute approximate surface area is 147 Å². The van der Waals surface area contributed by atoms with Crippen molar-refractivity contribution >= 4 is 17.6 Å². The van der Waals surface area contributed by atoms with Gasteiger partial charge in [-0.25, -0.2) is 0 Å². The van der Waals surface area contributed by atoms with E-state index in [-0.39, 0.29) is 0 Å². The van der Waals surface area contributed by atoms with Crippen LogP contribution in [0.1, 0.15) is 12.5 Å². The second-order valence-corrected chi connectivity index (χ2v) is 5.57. The number of nitrogens with one attached hydrogen (secondary N) is 1. The van der Waals surface area contributed by atoms with Crippen molar-refractivity contribution in [2.45, 2.75) is 13.5 Å². The van der Waals surface area contributed by atoms with Gasteiger partial charge in [0.25, 0.3) is 0 Å². The van der Waals surface area contributed by atoms with Crippen LogP contribution in [-0.4, -0.2) is 34.3 Å². The van der Waals surface area contributed by atoms with E-state index in [9.17, 15) is 0 Å². The Morgan fingerprint density at radius 3 is 2.60 bits per heavy atom. The van der Waals surface area contributed by atoms with Gasteiger partial charge in [0.2, 0.25) is 0 Å². The standard InChI is InChI=1S/C19H22N6/c1-2-24(14-15-25-13-12-20-23-25)19-10-8-17(9-11-19)16-21-22-18-6-4-3-5-7-18/h3-13,16,22H,2,14-15H2,1H3. The molecule has 2 aromatic carbocycles. The third kappa shape index (κ3) is 4.91. The van der Waals surface area contributed by atoms with Crippen LogP contribution >= 0.6 is 0 Å². The van der Waals surface area contributed by atoms with E-state index in [0.29, 0.717) is 0 Å². The van der Waals surface area contributed by atoms with Crippen molar-refractivity contribution in [2.75, 3.05) is 23.4 Å². The summed E-state index contributed by atoms with van der Waals surface area (Å²) in [5.41, 5.74) is 6.24. The number of likely N-dealkylation sites (N-methyl/N-ethyl adjacent to an activating group) is 1. The highest BCUT2D eigenvalue weighted by Gasteiger charge is 2.04. The largest absolute Gasteiger partial charge is 0.370 e. The van der Waals surface area contributed by atoms with Gasteiger partial charge in [0, 0.05) is 25.0 Å². The number of rotatable bonds is 8. The van der Waals surface area contributed by atoms with Crippen LogP contribution in [0.5, 0.6) is 0 Å². The molecular formula is C19H22N6. The number of hydrogen-bond donors (Lipinski definition) is 1. The molecule has 6 nitrogen and oxygen atoms in total. The molecule has 0 amide bonds. The van der Waals surface area contributed by atoms with Crippen LogP contribution in [0.15, 0.2) is 72.1 Å². The van der Waals surface area contributed by atoms with Crippen molar-refractivity contribution < 1.29 is 0 Å². The Bertz CT molecular complexity index is 765. The summed E-state index contributed by atoms with van der Waals surface area (Å²) in [5, 5.41) is 12.1. The Hall–Kier alpha value is -3.15. The molecule has 3 aromatic rings. The average Bonchev–Trinajstić information content (AvgIpc) is 3.18. The zero-order valence-corrected chi connectivity index (χ0v) is 14.3. The van der Waals surface area contributed by atoms with Gasteiger partial charge in [-0.1, -0.05) is 35.5 Å². The second kappa shape index (κ2) is 8.63. The summed E-state index contributed by atoms with van der Waals surface area (Å²) in [5.74, 6) is 0. The van der Waals surface area contributed by atoms with E-state index in [1.165, 1.54) is 5.69 Å². The van der Waals surface area contributed by atoms with Crippen molar-refractivity contribution in [3.63, 3.8) is 0 Å². The van der Waals surface area contributed by atoms with Crippen molar-refractivity contribution in [2.24, 2.45) is 5.10 Å². The first-order chi connectivity index (χ1) is 12.3. The van der Waals surface area contributed by atoms with E-state index in [0.717, 1.165) is 30.9 Å². The topological polar surface area (TPSA) is 58.3 Å². The summed E-state index contributed by atoms with van der Waals surface area (Å²) in [6.07, 6.45) is 5.41. The lowest BCUT2D eigenvalue weighted by molar-refractivity contribution is 0.579. The zero-order valence-electron chi connectivity index (χ0n) is 14.3. The second-order valence-electron chi connectivity index (χ2n) is 5.57. The summed E-state index contributed by atoms with van der Waals surface area (Å²) in [6, 6.07) is 18.3. The minimum absolute atomic E-state index is 0.818. The SMILES string of the molecule is CCN(CCn1ccnn1)c1ccc(C=NNc2ccccc2)cc1. The summed E-state index contributed by atoms with van der Waals surface area (Å²) in [7, 11) is 0. The van der Waals surface area contributed by atoms with E-state index in [1.54, 1.807) is 6.20 Å². The molecule has 0 saturated carbocycles. The molecule has 0 unspecified atom stereocenters. The number of hydrogen-bond acceptors (Lipinski definition) is 5. The minimum Gasteiger partial charge on any atom is -0.370 e. The van der Waals surface area contributed by atoms with Gasteiger partial charge in [0.05, 0.1) is 24.6 Å². The van der Waals surface area contributed by atoms with E-state index in [1.807, 2.05) is 47.4 Å². The van der Waals surface area contributed by atoms with Gasteiger partial charge in [-0.05, 0) is 36.8 Å². The van der Waals surface area contributed by atoms with E-state index < -0.39 is 0 Å². The molecule has 3 rings (SSSR count). The lowest BCUT2D eigenvalue weighted by Gasteiger charge is -2.23. The number of aromatic nitrogens is 3. The maximum absolute atomic E-state index is 4.27. The molecule has 0 atom stereocenters. The molecule has 0 fully saturated rings. The van der Waals surface area contributed by atoms with Gasteiger partial charge in [-0.3, -0.25) is 10.1 Å². The highest BCUT2D eigenvalue weighted by Crippen LogP contribution is 2.14. The Morgan fingerprint density at radius 1 is 1.12 bits per heavy atom. The van der Waals surface area contributed by atoms with Crippen molar-refractivity contribution in [3.8, 4) is 0 Å². The monoisotopic (exact) mass is 334 g/mol. The van der Waals surface area contributed by atoms with Crippen LogP contribution in [0.2, 0.25) is 0 Å². The minimum atomic E-state index is 0.818. The van der Waals surface area contributed by atoms with E-state index in [4.69, 9.17) is 0 Å². The molecule has 0 spiro atoms. The molecule has 1 N–H and O–H groups in total. The third-order valence-corrected chi connectivity index (χ3v) is 3.89. The Morgan fingerprint density at radius 2 is 1.92 bits per heavy atom. The smallest absolute Gasteiger partial charge is 0.0692 e. The van der Waals surface area contributed by atoms with Crippen LogP contribution in [-0.2, 0) is 6.54 Å². The van der Waals surface area contributed by atoms with E-state index in [2.05, 4.69) is 56.9 Å². The molecule has 0 saturated heterocycles. The van der Waals surface area contributed by atoms with Crippen LogP contribution in [0.25, 0.3) is 0 Å². The number of anilines is 2. The molecule has 0 bridgehead atoms. The van der Waals surface area contributed by atoms with Crippen LogP contribution in [0.4, 0.5) is 11.4 Å². The predicted molar refractivity (Wildman–Crippen MR) is 102 cm³/mol. The number of para-hydroxylation sites is 1. The number of nitrogens with zero attached hydrogens (tertiary/aromatic N) is 5. The summed E-state index contributed by atoms with van der Waals surface area (Å²) in [4.78, 5) is 2.31. The van der Waals surface area contributed by atoms with Gasteiger partial charge >= 0.3 is 0 Å². The molecule has 6 heteroatoms. The quantitative estimate of drug-likeness (QED) is 0.507. The summed E-state index contributed by atoms with van der Waals surface area (Å²) in [6.45, 7) is 4.80. The maximum Gasteiger partial charge on any atom is 0.0692 e. The molecule has 128 valence electrons. The van der Waals surface area contributed by atoms with Gasteiger partial charge in [0.1, 0.15) is 0 Å². The molecular weight excluding hydrogens is 312 g/mol. The van der Waals surface area contributed by atoms with Gasteiger partial charge in [-0.15, -0.1) is 5.10 Å². The van der Waals surface area contributed by atoms with Crippen LogP contribution < -0.4 is 10.3 Å². The van der Waals surface area contributed by atoms with Crippen molar-refractivity contribution in [1.29, 1.82) is 0 Å². The fourth-order valence-electron chi connectivity index (χ4n) is 2.51. The molecule has 1 heterocycles. The lowest BCUT2D eigenvalue weighted by Crippen LogP contribution is -2.27. The summed E-state index contributed by atoms with van der Waals surface area (Å²) >= 11 is 0. The van der Waals surface area contributed by atoms with Crippen LogP contribution in [0, 0.1) is 0 Å². The van der Waals surface area contributed by atoms with Gasteiger partial charge in [0.15, 0.2) is 0 Å².